The van der Waals surface area contributed by atoms with Crippen LogP contribution in [0.2, 0.25) is 0 Å². The Morgan fingerprint density at radius 3 is 2.73 bits per heavy atom. The Bertz CT molecular complexity index is 1370. The van der Waals surface area contributed by atoms with Crippen LogP contribution >= 0.6 is 0 Å². The van der Waals surface area contributed by atoms with Crippen molar-refractivity contribution in [1.82, 2.24) is 14.8 Å². The molecule has 168 valence electrons. The third-order valence-electron chi connectivity index (χ3n) is 6.05. The van der Waals surface area contributed by atoms with Gasteiger partial charge in [-0.25, -0.2) is 13.6 Å². The Hall–Kier alpha value is -3.81. The van der Waals surface area contributed by atoms with Gasteiger partial charge in [0.2, 0.25) is 0 Å². The van der Waals surface area contributed by atoms with Crippen LogP contribution < -0.4 is 4.90 Å². The quantitative estimate of drug-likeness (QED) is 0.389. The van der Waals surface area contributed by atoms with Crippen molar-refractivity contribution in [2.45, 2.75) is 19.3 Å². The van der Waals surface area contributed by atoms with E-state index in [2.05, 4.69) is 10.1 Å². The topological polar surface area (TPSA) is 60.2 Å². The van der Waals surface area contributed by atoms with E-state index in [1.165, 1.54) is 7.11 Å². The van der Waals surface area contributed by atoms with Gasteiger partial charge in [-0.15, -0.1) is 0 Å². The van der Waals surface area contributed by atoms with Gasteiger partial charge in [0.15, 0.2) is 0 Å². The number of hydrogen-bond donors (Lipinski definition) is 0. The number of esters is 1. The van der Waals surface area contributed by atoms with Crippen molar-refractivity contribution in [1.29, 1.82) is 0 Å². The van der Waals surface area contributed by atoms with Crippen LogP contribution in [0.1, 0.15) is 34.3 Å². The smallest absolute Gasteiger partial charge is 0.337 e. The number of carbonyl (C=O) groups is 1. The predicted octanol–water partition coefficient (Wildman–Crippen LogP) is 5.44. The van der Waals surface area contributed by atoms with E-state index in [-0.39, 0.29) is 5.56 Å². The molecule has 6 nitrogen and oxygen atoms in total. The summed E-state index contributed by atoms with van der Waals surface area (Å²) in [5, 5.41) is 4.92. The van der Waals surface area contributed by atoms with Crippen LogP contribution in [0.5, 0.6) is 0 Å². The Labute approximate surface area is 189 Å². The maximum atomic E-state index is 14.1. The molecule has 1 aliphatic rings. The molecule has 0 spiro atoms. The first-order chi connectivity index (χ1) is 16.0. The maximum absolute atomic E-state index is 14.1. The van der Waals surface area contributed by atoms with Gasteiger partial charge in [0.05, 0.1) is 30.1 Å². The number of halogens is 2. The number of aryl methyl sites for hydroxylation is 2. The second-order valence-corrected chi connectivity index (χ2v) is 8.08. The summed E-state index contributed by atoms with van der Waals surface area (Å²) in [6.45, 7) is 0.670. The van der Waals surface area contributed by atoms with Crippen LogP contribution in [0.25, 0.3) is 22.0 Å². The number of anilines is 2. The number of ether oxygens (including phenoxy) is 1. The molecule has 3 heterocycles. The third-order valence-corrected chi connectivity index (χ3v) is 6.05. The number of hydrogen-bond acceptors (Lipinski definition) is 5. The average Bonchev–Trinajstić information content (AvgIpc) is 3.27. The van der Waals surface area contributed by atoms with Gasteiger partial charge in [-0.2, -0.15) is 5.10 Å². The molecule has 0 radical (unpaired) electrons. The van der Waals surface area contributed by atoms with Gasteiger partial charge in [-0.05, 0) is 60.4 Å². The van der Waals surface area contributed by atoms with E-state index in [0.717, 1.165) is 35.2 Å². The molecule has 0 N–H and O–H groups in total. The lowest BCUT2D eigenvalue weighted by molar-refractivity contribution is 0.0601. The minimum absolute atomic E-state index is 0.0257. The maximum Gasteiger partial charge on any atom is 0.337 e. The van der Waals surface area contributed by atoms with Gasteiger partial charge >= 0.3 is 5.97 Å². The number of fused-ring (bicyclic) bond motifs is 2. The highest BCUT2D eigenvalue weighted by Gasteiger charge is 2.26. The van der Waals surface area contributed by atoms with Crippen LogP contribution in [-0.4, -0.2) is 34.4 Å². The molecule has 4 aromatic rings. The highest BCUT2D eigenvalue weighted by molar-refractivity contribution is 6.00. The van der Waals surface area contributed by atoms with Gasteiger partial charge in [-0.1, -0.05) is 0 Å². The number of rotatable bonds is 4. The summed E-state index contributed by atoms with van der Waals surface area (Å²) >= 11 is 0. The van der Waals surface area contributed by atoms with Crippen molar-refractivity contribution in [3.05, 3.63) is 71.7 Å². The van der Waals surface area contributed by atoms with Crippen molar-refractivity contribution in [3.63, 3.8) is 0 Å². The summed E-state index contributed by atoms with van der Waals surface area (Å²) in [5.74, 6) is -0.438. The lowest BCUT2D eigenvalue weighted by atomic mass is 9.92. The van der Waals surface area contributed by atoms with Crippen LogP contribution in [0.15, 0.2) is 55.0 Å². The average molecular weight is 448 g/mol. The third kappa shape index (κ3) is 3.71. The van der Waals surface area contributed by atoms with Crippen molar-refractivity contribution in [2.24, 2.45) is 7.05 Å². The number of carbonyl (C=O) groups excluding carboxylic acids is 1. The van der Waals surface area contributed by atoms with Gasteiger partial charge in [0, 0.05) is 48.2 Å². The Balaban J connectivity index is 1.68. The number of alkyl halides is 2. The van der Waals surface area contributed by atoms with Crippen molar-refractivity contribution in [2.75, 3.05) is 18.6 Å². The minimum Gasteiger partial charge on any atom is -0.465 e. The normalized spacial score (nSPS) is 13.4. The number of methoxy groups -OCH3 is 1. The SMILES string of the molecule is COC(=O)c1ccc2nccc(N3CCCc4cc(-c5cnn(C)c5)c(C(F)F)cc43)c2c1. The Morgan fingerprint density at radius 1 is 1.15 bits per heavy atom. The highest BCUT2D eigenvalue weighted by Crippen LogP contribution is 2.42. The molecule has 0 fully saturated rings. The van der Waals surface area contributed by atoms with Crippen LogP contribution in [-0.2, 0) is 18.2 Å². The van der Waals surface area contributed by atoms with Crippen LogP contribution in [0.4, 0.5) is 20.2 Å². The van der Waals surface area contributed by atoms with Crippen LogP contribution in [0, 0.1) is 0 Å². The molecule has 0 saturated heterocycles. The molecule has 0 saturated carbocycles. The molecule has 0 atom stereocenters. The minimum atomic E-state index is -2.63. The highest BCUT2D eigenvalue weighted by atomic mass is 19.3. The van der Waals surface area contributed by atoms with E-state index < -0.39 is 12.4 Å². The summed E-state index contributed by atoms with van der Waals surface area (Å²) in [6.07, 6.45) is 4.08. The molecule has 0 bridgehead atoms. The summed E-state index contributed by atoms with van der Waals surface area (Å²) < 4.78 is 34.8. The number of nitrogens with zero attached hydrogens (tertiary/aromatic N) is 4. The molecule has 2 aromatic heterocycles. The molecule has 2 aromatic carbocycles. The molecule has 0 aliphatic carbocycles. The van der Waals surface area contributed by atoms with Crippen molar-refractivity contribution < 1.29 is 18.3 Å². The largest absolute Gasteiger partial charge is 0.465 e. The second kappa shape index (κ2) is 8.27. The molecule has 8 heteroatoms. The fourth-order valence-electron chi connectivity index (χ4n) is 4.50. The van der Waals surface area contributed by atoms with E-state index in [1.807, 2.05) is 17.0 Å². The first kappa shape index (κ1) is 21.1. The van der Waals surface area contributed by atoms with E-state index >= 15 is 0 Å². The lowest BCUT2D eigenvalue weighted by Crippen LogP contribution is -2.25. The molecule has 1 aliphatic heterocycles. The zero-order valence-electron chi connectivity index (χ0n) is 18.3. The standard InChI is InChI=1S/C25H22F2N4O2/c1-30-14-17(13-29-30)18-10-15-4-3-9-31(23(15)12-19(18)24(26)27)22-7-8-28-21-6-5-16(11-20(21)22)25(32)33-2/h5-8,10-14,24H,3-4,9H2,1-2H3. The fourth-order valence-corrected chi connectivity index (χ4v) is 4.50. The lowest BCUT2D eigenvalue weighted by Gasteiger charge is -2.33. The molecule has 0 unspecified atom stereocenters. The van der Waals surface area contributed by atoms with Gasteiger partial charge < -0.3 is 9.64 Å². The summed E-state index contributed by atoms with van der Waals surface area (Å²) in [6, 6.07) is 10.5. The first-order valence-corrected chi connectivity index (χ1v) is 10.6. The van der Waals surface area contributed by atoms with E-state index in [4.69, 9.17) is 4.74 Å². The second-order valence-electron chi connectivity index (χ2n) is 8.08. The predicted molar refractivity (Wildman–Crippen MR) is 122 cm³/mol. The Kier molecular flexibility index (Phi) is 5.28. The van der Waals surface area contributed by atoms with E-state index in [1.54, 1.807) is 54.6 Å². The first-order valence-electron chi connectivity index (χ1n) is 10.6. The molecule has 0 amide bonds. The van der Waals surface area contributed by atoms with Crippen molar-refractivity contribution in [3.8, 4) is 11.1 Å². The van der Waals surface area contributed by atoms with E-state index in [0.29, 0.717) is 28.8 Å². The fraction of sp³-hybridized carbons (Fsp3) is 0.240. The van der Waals surface area contributed by atoms with Gasteiger partial charge in [0.1, 0.15) is 0 Å². The van der Waals surface area contributed by atoms with Gasteiger partial charge in [-0.3, -0.25) is 9.67 Å². The molecular weight excluding hydrogens is 426 g/mol. The summed E-state index contributed by atoms with van der Waals surface area (Å²) in [5.41, 5.74) is 4.85. The number of pyridine rings is 1. The van der Waals surface area contributed by atoms with Crippen LogP contribution in [0.3, 0.4) is 0 Å². The zero-order valence-corrected chi connectivity index (χ0v) is 18.3. The number of benzene rings is 2. The number of aromatic nitrogens is 3. The van der Waals surface area contributed by atoms with Crippen molar-refractivity contribution >= 4 is 28.2 Å². The summed E-state index contributed by atoms with van der Waals surface area (Å²) in [4.78, 5) is 18.5. The van der Waals surface area contributed by atoms with E-state index in [9.17, 15) is 13.6 Å². The molecule has 5 rings (SSSR count). The van der Waals surface area contributed by atoms with Gasteiger partial charge in [0.25, 0.3) is 6.43 Å². The molecule has 33 heavy (non-hydrogen) atoms. The Morgan fingerprint density at radius 2 is 2.00 bits per heavy atom. The molecular formula is C25H22F2N4O2. The zero-order chi connectivity index (χ0) is 23.1. The monoisotopic (exact) mass is 448 g/mol. The summed E-state index contributed by atoms with van der Waals surface area (Å²) in [7, 11) is 3.10.